The highest BCUT2D eigenvalue weighted by Crippen LogP contribution is 2.31. The molecule has 0 saturated carbocycles. The third-order valence-corrected chi connectivity index (χ3v) is 4.09. The van der Waals surface area contributed by atoms with Crippen LogP contribution in [0, 0.1) is 10.1 Å². The number of nitrogens with zero attached hydrogens (tertiary/aromatic N) is 1. The van der Waals surface area contributed by atoms with Crippen LogP contribution in [0.15, 0.2) is 36.4 Å². The van der Waals surface area contributed by atoms with E-state index in [2.05, 4.69) is 5.32 Å². The molecule has 1 N–H and O–H groups in total. The number of amides is 1. The van der Waals surface area contributed by atoms with Gasteiger partial charge in [-0.15, -0.1) is 0 Å². The van der Waals surface area contributed by atoms with Crippen molar-refractivity contribution in [2.75, 3.05) is 13.7 Å². The van der Waals surface area contributed by atoms with Gasteiger partial charge >= 0.3 is 5.69 Å². The summed E-state index contributed by atoms with van der Waals surface area (Å²) in [6.45, 7) is 1.37. The van der Waals surface area contributed by atoms with E-state index in [-0.39, 0.29) is 24.1 Å². The molecule has 1 unspecified atom stereocenters. The molecule has 138 valence electrons. The van der Waals surface area contributed by atoms with E-state index in [9.17, 15) is 14.9 Å². The maximum atomic E-state index is 12.1. The molecule has 26 heavy (non-hydrogen) atoms. The second kappa shape index (κ2) is 8.73. The molecular formula is C17H16Cl2N2O5. The van der Waals surface area contributed by atoms with Crippen LogP contribution < -0.4 is 14.8 Å². The molecule has 7 nitrogen and oxygen atoms in total. The van der Waals surface area contributed by atoms with Crippen LogP contribution >= 0.6 is 23.2 Å². The molecule has 0 aliphatic rings. The van der Waals surface area contributed by atoms with Crippen molar-refractivity contribution < 1.29 is 19.2 Å². The van der Waals surface area contributed by atoms with Gasteiger partial charge in [0.05, 0.1) is 24.1 Å². The number of nitro benzene ring substituents is 1. The van der Waals surface area contributed by atoms with Gasteiger partial charge in [-0.05, 0) is 36.8 Å². The average Bonchev–Trinajstić information content (AvgIpc) is 2.59. The number of hydrogen-bond acceptors (Lipinski definition) is 5. The summed E-state index contributed by atoms with van der Waals surface area (Å²) in [6.07, 6.45) is 0. The first-order valence-electron chi connectivity index (χ1n) is 7.51. The van der Waals surface area contributed by atoms with E-state index < -0.39 is 10.8 Å². The summed E-state index contributed by atoms with van der Waals surface area (Å²) in [5, 5.41) is 14.7. The van der Waals surface area contributed by atoms with E-state index in [1.165, 1.54) is 25.3 Å². The largest absolute Gasteiger partial charge is 0.496 e. The van der Waals surface area contributed by atoms with Crippen LogP contribution in [-0.4, -0.2) is 24.5 Å². The quantitative estimate of drug-likeness (QED) is 0.558. The van der Waals surface area contributed by atoms with Crippen molar-refractivity contribution in [1.82, 2.24) is 5.32 Å². The Bertz CT molecular complexity index is 829. The first-order chi connectivity index (χ1) is 12.3. The fraction of sp³-hybridized carbons (Fsp3) is 0.235. The predicted octanol–water partition coefficient (Wildman–Crippen LogP) is 4.17. The maximum Gasteiger partial charge on any atom is 0.314 e. The lowest BCUT2D eigenvalue weighted by atomic mass is 10.1. The van der Waals surface area contributed by atoms with Gasteiger partial charge in [-0.25, -0.2) is 0 Å². The zero-order valence-electron chi connectivity index (χ0n) is 14.0. The van der Waals surface area contributed by atoms with Gasteiger partial charge in [0.15, 0.2) is 12.4 Å². The first-order valence-corrected chi connectivity index (χ1v) is 8.27. The van der Waals surface area contributed by atoms with Gasteiger partial charge in [-0.3, -0.25) is 14.9 Å². The van der Waals surface area contributed by atoms with Crippen molar-refractivity contribution in [2.45, 2.75) is 13.0 Å². The number of carbonyl (C=O) groups excluding carboxylic acids is 1. The molecule has 0 bridgehead atoms. The van der Waals surface area contributed by atoms with Crippen LogP contribution in [0.2, 0.25) is 10.0 Å². The number of nitro groups is 1. The summed E-state index contributed by atoms with van der Waals surface area (Å²) in [4.78, 5) is 22.6. The standard InChI is InChI=1S/C17H16Cl2N2O5/c1-10(13-5-3-11(18)7-14(13)19)20-17(22)9-26-16-6-4-12(25-2)8-15(16)21(23)24/h3-8,10H,9H2,1-2H3,(H,20,22). The number of hydrogen-bond donors (Lipinski definition) is 1. The number of halogens is 2. The minimum atomic E-state index is -0.605. The van der Waals surface area contributed by atoms with Crippen molar-refractivity contribution in [3.63, 3.8) is 0 Å². The Morgan fingerprint density at radius 3 is 2.62 bits per heavy atom. The van der Waals surface area contributed by atoms with Crippen molar-refractivity contribution in [3.05, 3.63) is 62.1 Å². The lowest BCUT2D eigenvalue weighted by Crippen LogP contribution is -2.31. The third-order valence-electron chi connectivity index (χ3n) is 3.53. The Kier molecular flexibility index (Phi) is 6.65. The van der Waals surface area contributed by atoms with Crippen LogP contribution in [0.5, 0.6) is 11.5 Å². The van der Waals surface area contributed by atoms with Gasteiger partial charge in [0.25, 0.3) is 5.91 Å². The van der Waals surface area contributed by atoms with E-state index in [4.69, 9.17) is 32.7 Å². The zero-order chi connectivity index (χ0) is 19.3. The average molecular weight is 399 g/mol. The maximum absolute atomic E-state index is 12.1. The molecular weight excluding hydrogens is 383 g/mol. The van der Waals surface area contributed by atoms with Crippen LogP contribution in [-0.2, 0) is 4.79 Å². The molecule has 1 atom stereocenters. The number of carbonyl (C=O) groups is 1. The molecule has 2 aromatic carbocycles. The van der Waals surface area contributed by atoms with Crippen LogP contribution in [0.4, 0.5) is 5.69 Å². The van der Waals surface area contributed by atoms with E-state index in [1.807, 2.05) is 0 Å². The fourth-order valence-electron chi connectivity index (χ4n) is 2.25. The molecule has 0 fully saturated rings. The molecule has 0 heterocycles. The van der Waals surface area contributed by atoms with Gasteiger partial charge in [0.2, 0.25) is 0 Å². The first kappa shape index (κ1) is 19.8. The van der Waals surface area contributed by atoms with E-state index in [0.717, 1.165) is 0 Å². The Balaban J connectivity index is 2.01. The lowest BCUT2D eigenvalue weighted by molar-refractivity contribution is -0.385. The smallest absolute Gasteiger partial charge is 0.314 e. The van der Waals surface area contributed by atoms with Gasteiger partial charge in [-0.1, -0.05) is 29.3 Å². The molecule has 0 spiro atoms. The summed E-state index contributed by atoms with van der Waals surface area (Å²) in [7, 11) is 1.40. The fourth-order valence-corrected chi connectivity index (χ4v) is 2.82. The summed E-state index contributed by atoms with van der Waals surface area (Å²) in [6, 6.07) is 8.69. The lowest BCUT2D eigenvalue weighted by Gasteiger charge is -2.16. The van der Waals surface area contributed by atoms with E-state index in [1.54, 1.807) is 25.1 Å². The summed E-state index contributed by atoms with van der Waals surface area (Å²) in [5.41, 5.74) is 0.408. The Morgan fingerprint density at radius 2 is 2.00 bits per heavy atom. The van der Waals surface area contributed by atoms with Gasteiger partial charge < -0.3 is 14.8 Å². The molecule has 0 aromatic heterocycles. The molecule has 0 saturated heterocycles. The van der Waals surface area contributed by atoms with E-state index >= 15 is 0 Å². The SMILES string of the molecule is COc1ccc(OCC(=O)NC(C)c2ccc(Cl)cc2Cl)c([N+](=O)[O-])c1. The molecule has 2 aromatic rings. The molecule has 1 amide bonds. The van der Waals surface area contributed by atoms with Gasteiger partial charge in [0.1, 0.15) is 5.75 Å². The number of ether oxygens (including phenoxy) is 2. The summed E-state index contributed by atoms with van der Waals surface area (Å²) in [5.74, 6) is -0.156. The third kappa shape index (κ3) is 5.00. The van der Waals surface area contributed by atoms with Crippen LogP contribution in [0.25, 0.3) is 0 Å². The number of nitrogens with one attached hydrogen (secondary N) is 1. The molecule has 9 heteroatoms. The zero-order valence-corrected chi connectivity index (χ0v) is 15.5. The highest BCUT2D eigenvalue weighted by atomic mass is 35.5. The second-order valence-electron chi connectivity index (χ2n) is 5.33. The Labute approximate surface area is 160 Å². The second-order valence-corrected chi connectivity index (χ2v) is 6.18. The van der Waals surface area contributed by atoms with Crippen LogP contribution in [0.3, 0.4) is 0 Å². The molecule has 0 aliphatic heterocycles. The van der Waals surface area contributed by atoms with Crippen LogP contribution in [0.1, 0.15) is 18.5 Å². The van der Waals surface area contributed by atoms with Crippen molar-refractivity contribution >= 4 is 34.8 Å². The van der Waals surface area contributed by atoms with Crippen molar-refractivity contribution in [3.8, 4) is 11.5 Å². The topological polar surface area (TPSA) is 90.7 Å². The van der Waals surface area contributed by atoms with Gasteiger partial charge in [0, 0.05) is 10.0 Å². The number of rotatable bonds is 7. The normalized spacial score (nSPS) is 11.5. The summed E-state index contributed by atoms with van der Waals surface area (Å²) >= 11 is 12.0. The van der Waals surface area contributed by atoms with Crippen molar-refractivity contribution in [2.24, 2.45) is 0 Å². The molecule has 0 aliphatic carbocycles. The highest BCUT2D eigenvalue weighted by molar-refractivity contribution is 6.35. The minimum Gasteiger partial charge on any atom is -0.496 e. The molecule has 2 rings (SSSR count). The number of methoxy groups -OCH3 is 1. The Hall–Kier alpha value is -2.51. The minimum absolute atomic E-state index is 0.0249. The molecule has 0 radical (unpaired) electrons. The van der Waals surface area contributed by atoms with Crippen molar-refractivity contribution in [1.29, 1.82) is 0 Å². The van der Waals surface area contributed by atoms with E-state index in [0.29, 0.717) is 21.4 Å². The van der Waals surface area contributed by atoms with Gasteiger partial charge in [-0.2, -0.15) is 0 Å². The highest BCUT2D eigenvalue weighted by Gasteiger charge is 2.19. The predicted molar refractivity (Wildman–Crippen MR) is 98.2 cm³/mol. The Morgan fingerprint density at radius 1 is 1.27 bits per heavy atom. The monoisotopic (exact) mass is 398 g/mol. The number of benzene rings is 2. The summed E-state index contributed by atoms with van der Waals surface area (Å²) < 4.78 is 10.2.